The van der Waals surface area contributed by atoms with Crippen molar-refractivity contribution in [3.05, 3.63) is 78.2 Å². The van der Waals surface area contributed by atoms with Crippen LogP contribution >= 0.6 is 0 Å². The lowest BCUT2D eigenvalue weighted by atomic mass is 10.0. The van der Waals surface area contributed by atoms with Gasteiger partial charge in [-0.1, -0.05) is 24.3 Å². The third kappa shape index (κ3) is 3.02. The largest absolute Gasteiger partial charge is 0.435 e. The maximum atomic E-state index is 14.2. The first-order valence-corrected chi connectivity index (χ1v) is 9.08. The van der Waals surface area contributed by atoms with Crippen molar-refractivity contribution in [2.24, 2.45) is 0 Å². The number of allylic oxidation sites excluding steroid dienone is 4. The van der Waals surface area contributed by atoms with Gasteiger partial charge in [0.05, 0.1) is 5.70 Å². The van der Waals surface area contributed by atoms with Crippen LogP contribution in [0.25, 0.3) is 16.8 Å². The molecule has 3 aromatic rings. The van der Waals surface area contributed by atoms with Crippen LogP contribution in [-0.2, 0) is 0 Å². The van der Waals surface area contributed by atoms with Crippen molar-refractivity contribution in [3.63, 3.8) is 0 Å². The molecule has 1 aliphatic heterocycles. The fourth-order valence-corrected chi connectivity index (χ4v) is 3.62. The van der Waals surface area contributed by atoms with Crippen molar-refractivity contribution in [3.8, 4) is 16.9 Å². The predicted molar refractivity (Wildman–Crippen MR) is 103 cm³/mol. The Balaban J connectivity index is 1.50. The molecule has 0 bridgehead atoms. The molecule has 2 aliphatic rings. The van der Waals surface area contributed by atoms with Crippen LogP contribution in [0.3, 0.4) is 0 Å². The summed E-state index contributed by atoms with van der Waals surface area (Å²) in [7, 11) is 0. The van der Waals surface area contributed by atoms with E-state index < -0.39 is 12.5 Å². The van der Waals surface area contributed by atoms with Crippen LogP contribution in [0.15, 0.2) is 78.2 Å². The van der Waals surface area contributed by atoms with Crippen molar-refractivity contribution in [2.45, 2.75) is 12.5 Å². The van der Waals surface area contributed by atoms with Crippen LogP contribution in [0.4, 0.5) is 23.5 Å². The summed E-state index contributed by atoms with van der Waals surface area (Å²) < 4.78 is 59.1. The number of aromatic nitrogens is 3. The van der Waals surface area contributed by atoms with E-state index in [1.54, 1.807) is 39.8 Å². The minimum absolute atomic E-state index is 0.0486. The van der Waals surface area contributed by atoms with Gasteiger partial charge in [-0.2, -0.15) is 17.6 Å². The molecule has 0 radical (unpaired) electrons. The first-order chi connectivity index (χ1) is 14.4. The first-order valence-electron chi connectivity index (χ1n) is 9.08. The van der Waals surface area contributed by atoms with E-state index in [0.29, 0.717) is 17.3 Å². The second kappa shape index (κ2) is 6.72. The van der Waals surface area contributed by atoms with Crippen LogP contribution in [-0.4, -0.2) is 33.7 Å². The highest BCUT2D eigenvalue weighted by Gasteiger charge is 2.41. The standard InChI is InChI=1S/C21H14F4N4O/c22-19(23)30-15-6-3-13(4-7-15)14-5-8-18-26-27-20(29(18)12-14)28-11-9-16-17(28)2-1-10-21(16,24)25/h1-10,12,19H,11H2. The van der Waals surface area contributed by atoms with Gasteiger partial charge < -0.3 is 9.64 Å². The highest BCUT2D eigenvalue weighted by atomic mass is 19.3. The van der Waals surface area contributed by atoms with Crippen LogP contribution in [0.1, 0.15) is 0 Å². The molecule has 1 aliphatic carbocycles. The number of hydrogen-bond acceptors (Lipinski definition) is 4. The lowest BCUT2D eigenvalue weighted by Crippen LogP contribution is -2.26. The second-order valence-electron chi connectivity index (χ2n) is 6.81. The summed E-state index contributed by atoms with van der Waals surface area (Å²) in [4.78, 5) is 1.68. The van der Waals surface area contributed by atoms with Crippen molar-refractivity contribution in [1.82, 2.24) is 14.6 Å². The quantitative estimate of drug-likeness (QED) is 0.574. The van der Waals surface area contributed by atoms with Crippen molar-refractivity contribution < 1.29 is 22.3 Å². The van der Waals surface area contributed by atoms with Crippen LogP contribution in [0.2, 0.25) is 0 Å². The SMILES string of the molecule is FC(F)Oc1ccc(-c2ccc3nnc(N4CC=C5C4=CC=CC5(F)F)n3c2)cc1. The Hall–Kier alpha value is -3.62. The van der Waals surface area contributed by atoms with Gasteiger partial charge in [0.1, 0.15) is 5.75 Å². The predicted octanol–water partition coefficient (Wildman–Crippen LogP) is 4.83. The topological polar surface area (TPSA) is 42.7 Å². The van der Waals surface area contributed by atoms with E-state index in [2.05, 4.69) is 14.9 Å². The third-order valence-corrected chi connectivity index (χ3v) is 5.00. The number of pyridine rings is 1. The Morgan fingerprint density at radius 1 is 1.00 bits per heavy atom. The zero-order valence-corrected chi connectivity index (χ0v) is 15.3. The Bertz CT molecular complexity index is 1210. The van der Waals surface area contributed by atoms with E-state index in [1.165, 1.54) is 24.3 Å². The molecular formula is C21H14F4N4O. The number of benzene rings is 1. The molecule has 2 aromatic heterocycles. The second-order valence-corrected chi connectivity index (χ2v) is 6.81. The molecule has 0 saturated carbocycles. The van der Waals surface area contributed by atoms with Gasteiger partial charge in [-0.05, 0) is 47.5 Å². The zero-order valence-electron chi connectivity index (χ0n) is 15.3. The monoisotopic (exact) mass is 414 g/mol. The van der Waals surface area contributed by atoms with Gasteiger partial charge in [-0.25, -0.2) is 0 Å². The molecule has 0 atom stereocenters. The van der Waals surface area contributed by atoms with E-state index in [0.717, 1.165) is 17.2 Å². The van der Waals surface area contributed by atoms with Crippen molar-refractivity contribution in [1.29, 1.82) is 0 Å². The van der Waals surface area contributed by atoms with E-state index in [4.69, 9.17) is 0 Å². The molecule has 5 nitrogen and oxygen atoms in total. The Morgan fingerprint density at radius 2 is 1.77 bits per heavy atom. The smallest absolute Gasteiger partial charge is 0.387 e. The molecule has 0 spiro atoms. The highest BCUT2D eigenvalue weighted by molar-refractivity contribution is 5.68. The number of anilines is 1. The average molecular weight is 414 g/mol. The summed E-state index contributed by atoms with van der Waals surface area (Å²) in [5, 5.41) is 8.32. The first kappa shape index (κ1) is 18.4. The van der Waals surface area contributed by atoms with Gasteiger partial charge in [0.2, 0.25) is 5.95 Å². The van der Waals surface area contributed by atoms with E-state index in [9.17, 15) is 17.6 Å². The summed E-state index contributed by atoms with van der Waals surface area (Å²) in [6.45, 7) is -2.63. The number of halogens is 4. The van der Waals surface area contributed by atoms with Gasteiger partial charge in [0, 0.05) is 18.3 Å². The van der Waals surface area contributed by atoms with Gasteiger partial charge >= 0.3 is 6.61 Å². The fourth-order valence-electron chi connectivity index (χ4n) is 3.62. The van der Waals surface area contributed by atoms with Crippen LogP contribution in [0.5, 0.6) is 5.75 Å². The zero-order chi connectivity index (χ0) is 20.9. The number of alkyl halides is 4. The van der Waals surface area contributed by atoms with Gasteiger partial charge in [-0.3, -0.25) is 4.40 Å². The average Bonchev–Trinajstić information content (AvgIpc) is 3.32. The molecule has 0 N–H and O–H groups in total. The number of ether oxygens (including phenoxy) is 1. The molecule has 5 rings (SSSR count). The van der Waals surface area contributed by atoms with E-state index in [1.807, 2.05) is 6.07 Å². The minimum atomic E-state index is -3.02. The molecular weight excluding hydrogens is 400 g/mol. The molecule has 0 fully saturated rings. The molecule has 1 aromatic carbocycles. The van der Waals surface area contributed by atoms with E-state index >= 15 is 0 Å². The highest BCUT2D eigenvalue weighted by Crippen LogP contribution is 2.40. The maximum Gasteiger partial charge on any atom is 0.387 e. The molecule has 3 heterocycles. The maximum absolute atomic E-state index is 14.2. The van der Waals surface area contributed by atoms with Crippen LogP contribution < -0.4 is 9.64 Å². The van der Waals surface area contributed by atoms with Gasteiger partial charge in [0.25, 0.3) is 5.92 Å². The normalized spacial score (nSPS) is 17.3. The number of rotatable bonds is 4. The molecule has 152 valence electrons. The molecule has 9 heteroatoms. The van der Waals surface area contributed by atoms with Crippen molar-refractivity contribution in [2.75, 3.05) is 11.4 Å². The molecule has 0 amide bonds. The molecule has 0 saturated heterocycles. The Labute approximate surface area is 168 Å². The Kier molecular flexibility index (Phi) is 4.12. The van der Waals surface area contributed by atoms with Crippen molar-refractivity contribution >= 4 is 11.6 Å². The minimum Gasteiger partial charge on any atom is -0.435 e. The Morgan fingerprint density at radius 3 is 2.53 bits per heavy atom. The lowest BCUT2D eigenvalue weighted by molar-refractivity contribution is -0.0498. The summed E-state index contributed by atoms with van der Waals surface area (Å²) in [6.07, 6.45) is 7.10. The molecule has 30 heavy (non-hydrogen) atoms. The summed E-state index contributed by atoms with van der Waals surface area (Å²) in [5.74, 6) is -2.55. The fraction of sp³-hybridized carbons (Fsp3) is 0.143. The number of hydrogen-bond donors (Lipinski definition) is 0. The van der Waals surface area contributed by atoms with E-state index in [-0.39, 0.29) is 17.9 Å². The number of nitrogens with zero attached hydrogens (tertiary/aromatic N) is 4. The van der Waals surface area contributed by atoms with Gasteiger partial charge in [0.15, 0.2) is 5.65 Å². The summed E-state index contributed by atoms with van der Waals surface area (Å²) in [5.41, 5.74) is 2.44. The summed E-state index contributed by atoms with van der Waals surface area (Å²) in [6, 6.07) is 9.80. The van der Waals surface area contributed by atoms with Gasteiger partial charge in [-0.15, -0.1) is 10.2 Å². The molecule has 0 unspecified atom stereocenters. The summed E-state index contributed by atoms with van der Waals surface area (Å²) >= 11 is 0. The van der Waals surface area contributed by atoms with Crippen LogP contribution in [0, 0.1) is 0 Å². The lowest BCUT2D eigenvalue weighted by Gasteiger charge is -2.24. The third-order valence-electron chi connectivity index (χ3n) is 5.00. The number of fused-ring (bicyclic) bond motifs is 2.